The fourth-order valence-corrected chi connectivity index (χ4v) is 2.93. The van der Waals surface area contributed by atoms with E-state index in [-0.39, 0.29) is 12.4 Å². The number of fused-ring (bicyclic) bond motifs is 1. The van der Waals surface area contributed by atoms with E-state index in [2.05, 4.69) is 0 Å². The highest BCUT2D eigenvalue weighted by Crippen LogP contribution is 2.51. The molecule has 2 heterocycles. The van der Waals surface area contributed by atoms with Crippen LogP contribution in [0.4, 0.5) is 14.5 Å². The Labute approximate surface area is 135 Å². The number of benzene rings is 2. The zero-order valence-corrected chi connectivity index (χ0v) is 12.4. The Bertz CT molecular complexity index is 794. The minimum Gasteiger partial charge on any atom is -0.454 e. The molecule has 2 aliphatic rings. The normalized spacial score (nSPS) is 21.3. The number of halogens is 3. The Kier molecular flexibility index (Phi) is 2.99. The molecular formula is C16H10ClF2NO3. The molecule has 1 saturated heterocycles. The van der Waals surface area contributed by atoms with Crippen molar-refractivity contribution in [1.29, 1.82) is 0 Å². The summed E-state index contributed by atoms with van der Waals surface area (Å²) in [5.41, 5.74) is 0.654. The maximum atomic E-state index is 14.2. The highest BCUT2D eigenvalue weighted by molar-refractivity contribution is 6.30. The first kappa shape index (κ1) is 14.3. The van der Waals surface area contributed by atoms with Crippen LogP contribution in [0.2, 0.25) is 5.02 Å². The van der Waals surface area contributed by atoms with Crippen LogP contribution in [0.1, 0.15) is 11.6 Å². The van der Waals surface area contributed by atoms with E-state index in [1.807, 2.05) is 0 Å². The second kappa shape index (κ2) is 4.83. The molecule has 4 rings (SSSR count). The Morgan fingerprint density at radius 3 is 2.52 bits per heavy atom. The average Bonchev–Trinajstić information content (AvgIpc) is 3.00. The number of nitrogens with zero attached hydrogens (tertiary/aromatic N) is 1. The maximum absolute atomic E-state index is 14.2. The number of amides is 1. The van der Waals surface area contributed by atoms with Gasteiger partial charge in [-0.25, -0.2) is 0 Å². The molecule has 1 unspecified atom stereocenters. The molecule has 2 aromatic carbocycles. The van der Waals surface area contributed by atoms with Gasteiger partial charge in [-0.3, -0.25) is 9.69 Å². The molecule has 4 nitrogen and oxygen atoms in total. The summed E-state index contributed by atoms with van der Waals surface area (Å²) in [5.74, 6) is -3.80. The summed E-state index contributed by atoms with van der Waals surface area (Å²) in [6, 6.07) is 9.36. The molecule has 0 spiro atoms. The fraction of sp³-hybridized carbons (Fsp3) is 0.188. The van der Waals surface area contributed by atoms with E-state index >= 15 is 0 Å². The van der Waals surface area contributed by atoms with E-state index in [0.717, 1.165) is 4.90 Å². The Hall–Kier alpha value is -2.34. The van der Waals surface area contributed by atoms with Crippen molar-refractivity contribution in [3.63, 3.8) is 0 Å². The first-order valence-electron chi connectivity index (χ1n) is 6.85. The van der Waals surface area contributed by atoms with Gasteiger partial charge >= 0.3 is 11.8 Å². The molecule has 1 atom stereocenters. The van der Waals surface area contributed by atoms with Crippen molar-refractivity contribution in [2.45, 2.75) is 12.0 Å². The van der Waals surface area contributed by atoms with Crippen LogP contribution in [0.25, 0.3) is 0 Å². The standard InChI is InChI=1S/C16H10ClF2NO3/c17-10-2-4-11(5-3-10)20-14(16(18,19)15(20)21)9-1-6-12-13(7-9)23-8-22-12/h1-7,14H,8H2. The van der Waals surface area contributed by atoms with Gasteiger partial charge in [0.25, 0.3) is 0 Å². The number of rotatable bonds is 2. The van der Waals surface area contributed by atoms with Crippen LogP contribution in [0, 0.1) is 0 Å². The molecule has 7 heteroatoms. The molecular weight excluding hydrogens is 328 g/mol. The summed E-state index contributed by atoms with van der Waals surface area (Å²) in [7, 11) is 0. The number of carbonyl (C=O) groups excluding carboxylic acids is 1. The van der Waals surface area contributed by atoms with Gasteiger partial charge < -0.3 is 9.47 Å². The van der Waals surface area contributed by atoms with Gasteiger partial charge in [-0.1, -0.05) is 17.7 Å². The minimum atomic E-state index is -3.46. The number of hydrogen-bond acceptors (Lipinski definition) is 3. The maximum Gasteiger partial charge on any atom is 0.349 e. The number of hydrogen-bond donors (Lipinski definition) is 0. The first-order valence-corrected chi connectivity index (χ1v) is 7.23. The number of alkyl halides is 2. The van der Waals surface area contributed by atoms with Crippen LogP contribution in [-0.2, 0) is 4.79 Å². The van der Waals surface area contributed by atoms with Crippen molar-refractivity contribution >= 4 is 23.2 Å². The molecule has 118 valence electrons. The van der Waals surface area contributed by atoms with Crippen molar-refractivity contribution in [1.82, 2.24) is 0 Å². The zero-order chi connectivity index (χ0) is 16.2. The van der Waals surface area contributed by atoms with Gasteiger partial charge in [-0.05, 0) is 42.0 Å². The predicted molar refractivity (Wildman–Crippen MR) is 79.2 cm³/mol. The summed E-state index contributed by atoms with van der Waals surface area (Å²) in [6.45, 7) is 0.0552. The van der Waals surface area contributed by atoms with Crippen molar-refractivity contribution in [2.75, 3.05) is 11.7 Å². The Morgan fingerprint density at radius 1 is 1.09 bits per heavy atom. The zero-order valence-electron chi connectivity index (χ0n) is 11.6. The lowest BCUT2D eigenvalue weighted by molar-refractivity contribution is -0.162. The van der Waals surface area contributed by atoms with E-state index in [4.69, 9.17) is 21.1 Å². The quantitative estimate of drug-likeness (QED) is 0.783. The van der Waals surface area contributed by atoms with Gasteiger partial charge in [0.1, 0.15) is 6.04 Å². The average molecular weight is 338 g/mol. The lowest BCUT2D eigenvalue weighted by Crippen LogP contribution is -2.64. The van der Waals surface area contributed by atoms with Gasteiger partial charge in [0.15, 0.2) is 11.5 Å². The lowest BCUT2D eigenvalue weighted by atomic mass is 9.88. The molecule has 0 aromatic heterocycles. The summed E-state index contributed by atoms with van der Waals surface area (Å²) >= 11 is 5.81. The number of ether oxygens (including phenoxy) is 2. The van der Waals surface area contributed by atoms with Gasteiger partial charge in [0.2, 0.25) is 6.79 Å². The first-order chi connectivity index (χ1) is 11.0. The SMILES string of the molecule is O=C1N(c2ccc(Cl)cc2)C(c2ccc3c(c2)OCO3)C1(F)F. The molecule has 2 aliphatic heterocycles. The molecule has 0 radical (unpaired) electrons. The molecule has 0 bridgehead atoms. The summed E-state index contributed by atoms with van der Waals surface area (Å²) < 4.78 is 38.7. The smallest absolute Gasteiger partial charge is 0.349 e. The van der Waals surface area contributed by atoms with Gasteiger partial charge in [-0.2, -0.15) is 8.78 Å². The van der Waals surface area contributed by atoms with Crippen molar-refractivity contribution < 1.29 is 23.0 Å². The van der Waals surface area contributed by atoms with E-state index in [1.165, 1.54) is 24.3 Å². The van der Waals surface area contributed by atoms with Crippen LogP contribution >= 0.6 is 11.6 Å². The van der Waals surface area contributed by atoms with Crippen LogP contribution in [0.3, 0.4) is 0 Å². The second-order valence-electron chi connectivity index (χ2n) is 5.29. The Morgan fingerprint density at radius 2 is 1.78 bits per heavy atom. The molecule has 2 aromatic rings. The third-order valence-electron chi connectivity index (χ3n) is 3.92. The number of anilines is 1. The third-order valence-corrected chi connectivity index (χ3v) is 4.17. The van der Waals surface area contributed by atoms with Gasteiger partial charge in [0.05, 0.1) is 0 Å². The van der Waals surface area contributed by atoms with Crippen LogP contribution in [0.5, 0.6) is 11.5 Å². The highest BCUT2D eigenvalue weighted by Gasteiger charge is 2.64. The van der Waals surface area contributed by atoms with Crippen LogP contribution < -0.4 is 14.4 Å². The Balaban J connectivity index is 1.75. The van der Waals surface area contributed by atoms with Crippen LogP contribution in [0.15, 0.2) is 42.5 Å². The van der Waals surface area contributed by atoms with E-state index < -0.39 is 17.9 Å². The summed E-state index contributed by atoms with van der Waals surface area (Å²) in [5, 5.41) is 0.466. The van der Waals surface area contributed by atoms with Gasteiger partial charge in [0, 0.05) is 10.7 Å². The fourth-order valence-electron chi connectivity index (χ4n) is 2.80. The molecule has 0 N–H and O–H groups in total. The topological polar surface area (TPSA) is 38.8 Å². The summed E-state index contributed by atoms with van der Waals surface area (Å²) in [4.78, 5) is 12.9. The summed E-state index contributed by atoms with van der Waals surface area (Å²) in [6.07, 6.45) is 0. The van der Waals surface area contributed by atoms with Crippen molar-refractivity contribution in [3.8, 4) is 11.5 Å². The molecule has 0 saturated carbocycles. The lowest BCUT2D eigenvalue weighted by Gasteiger charge is -2.46. The van der Waals surface area contributed by atoms with Crippen molar-refractivity contribution in [2.24, 2.45) is 0 Å². The molecule has 1 fully saturated rings. The minimum absolute atomic E-state index is 0.0552. The van der Waals surface area contributed by atoms with Crippen LogP contribution in [-0.4, -0.2) is 18.6 Å². The number of β-lactam (4-membered cyclic amide) rings is 1. The van der Waals surface area contributed by atoms with Crippen molar-refractivity contribution in [3.05, 3.63) is 53.1 Å². The van der Waals surface area contributed by atoms with E-state index in [0.29, 0.717) is 22.2 Å². The molecule has 1 amide bonds. The monoisotopic (exact) mass is 337 g/mol. The molecule has 0 aliphatic carbocycles. The third kappa shape index (κ3) is 2.05. The second-order valence-corrected chi connectivity index (χ2v) is 5.73. The highest BCUT2D eigenvalue weighted by atomic mass is 35.5. The molecule has 23 heavy (non-hydrogen) atoms. The largest absolute Gasteiger partial charge is 0.454 e. The number of carbonyl (C=O) groups is 1. The van der Waals surface area contributed by atoms with E-state index in [1.54, 1.807) is 18.2 Å². The van der Waals surface area contributed by atoms with Gasteiger partial charge in [-0.15, -0.1) is 0 Å². The predicted octanol–water partition coefficient (Wildman–Crippen LogP) is 3.79. The van der Waals surface area contributed by atoms with E-state index in [9.17, 15) is 13.6 Å².